The lowest BCUT2D eigenvalue weighted by Crippen LogP contribution is -2.43. The fourth-order valence-electron chi connectivity index (χ4n) is 4.47. The molecule has 0 spiro atoms. The first-order valence-corrected chi connectivity index (χ1v) is 11.4. The van der Waals surface area contributed by atoms with E-state index in [4.69, 9.17) is 10.2 Å². The van der Waals surface area contributed by atoms with Crippen LogP contribution in [0.5, 0.6) is 0 Å². The molecule has 0 bridgehead atoms. The topological polar surface area (TPSA) is 99.1 Å². The Balaban J connectivity index is 1.32. The van der Waals surface area contributed by atoms with Gasteiger partial charge in [0, 0.05) is 26.1 Å². The third-order valence-corrected chi connectivity index (χ3v) is 6.32. The van der Waals surface area contributed by atoms with Crippen LogP contribution in [0.25, 0.3) is 0 Å². The predicted molar refractivity (Wildman–Crippen MR) is 119 cm³/mol. The molecule has 1 aromatic rings. The number of likely N-dealkylation sites (tertiary alicyclic amines) is 2. The lowest BCUT2D eigenvalue weighted by molar-refractivity contribution is -0.123. The summed E-state index contributed by atoms with van der Waals surface area (Å²) in [6.45, 7) is 6.96. The van der Waals surface area contributed by atoms with E-state index in [9.17, 15) is 4.79 Å². The molecule has 0 radical (unpaired) electrons. The molecule has 0 saturated carbocycles. The Bertz CT molecular complexity index is 649. The molecule has 30 heavy (non-hydrogen) atoms. The molecule has 2 aliphatic heterocycles. The second kappa shape index (κ2) is 12.0. The van der Waals surface area contributed by atoms with Crippen molar-refractivity contribution >= 4 is 11.9 Å². The summed E-state index contributed by atoms with van der Waals surface area (Å²) in [4.78, 5) is 20.6. The molecule has 3 heterocycles. The van der Waals surface area contributed by atoms with E-state index in [2.05, 4.69) is 31.5 Å². The standard InChI is InChI=1S/C22H38N6O2/c1-24-22(25-10-2-3-11-27-14-8-18(9-15-27)21(23)29)26-17-19(20-7-6-16-30-20)28-12-4-5-13-28/h6-7,16,18-19H,2-5,8-15,17H2,1H3,(H2,23,29)(H2,24,25,26). The van der Waals surface area contributed by atoms with Crippen LogP contribution >= 0.6 is 0 Å². The lowest BCUT2D eigenvalue weighted by Gasteiger charge is -2.30. The van der Waals surface area contributed by atoms with Crippen molar-refractivity contribution in [2.24, 2.45) is 16.6 Å². The molecular formula is C22H38N6O2. The number of nitrogens with two attached hydrogens (primary N) is 1. The minimum Gasteiger partial charge on any atom is -0.468 e. The van der Waals surface area contributed by atoms with E-state index >= 15 is 0 Å². The molecule has 2 fully saturated rings. The molecule has 8 nitrogen and oxygen atoms in total. The summed E-state index contributed by atoms with van der Waals surface area (Å²) in [5.74, 6) is 1.78. The first-order valence-electron chi connectivity index (χ1n) is 11.4. The maximum absolute atomic E-state index is 11.3. The van der Waals surface area contributed by atoms with Crippen molar-refractivity contribution in [3.05, 3.63) is 24.2 Å². The average Bonchev–Trinajstić information content (AvgIpc) is 3.47. The van der Waals surface area contributed by atoms with Crippen molar-refractivity contribution in [1.29, 1.82) is 0 Å². The molecule has 8 heteroatoms. The SMILES string of the molecule is CN=C(NCCCCN1CCC(C(N)=O)CC1)NCC(c1ccco1)N1CCCC1. The molecule has 1 amide bonds. The summed E-state index contributed by atoms with van der Waals surface area (Å²) >= 11 is 0. The van der Waals surface area contributed by atoms with Crippen LogP contribution in [0.2, 0.25) is 0 Å². The third kappa shape index (κ3) is 6.74. The van der Waals surface area contributed by atoms with Crippen LogP contribution in [0, 0.1) is 5.92 Å². The highest BCUT2D eigenvalue weighted by molar-refractivity contribution is 5.79. The highest BCUT2D eigenvalue weighted by Crippen LogP contribution is 2.24. The number of primary amides is 1. The van der Waals surface area contributed by atoms with Gasteiger partial charge < -0.3 is 25.7 Å². The zero-order chi connectivity index (χ0) is 21.2. The number of furan rings is 1. The number of nitrogens with zero attached hydrogens (tertiary/aromatic N) is 3. The van der Waals surface area contributed by atoms with Crippen LogP contribution in [0.1, 0.15) is 50.3 Å². The van der Waals surface area contributed by atoms with Gasteiger partial charge in [0.15, 0.2) is 5.96 Å². The number of unbranched alkanes of at least 4 members (excludes halogenated alkanes) is 1. The Kier molecular flexibility index (Phi) is 9.01. The highest BCUT2D eigenvalue weighted by atomic mass is 16.3. The van der Waals surface area contributed by atoms with Gasteiger partial charge in [0.1, 0.15) is 5.76 Å². The van der Waals surface area contributed by atoms with Crippen LogP contribution in [-0.4, -0.2) is 74.5 Å². The van der Waals surface area contributed by atoms with Gasteiger partial charge in [0.05, 0.1) is 12.3 Å². The Morgan fingerprint density at radius 1 is 1.23 bits per heavy atom. The Hall–Kier alpha value is -2.06. The number of carbonyl (C=O) groups excluding carboxylic acids is 1. The number of hydrogen-bond donors (Lipinski definition) is 3. The van der Waals surface area contributed by atoms with E-state index in [0.29, 0.717) is 0 Å². The van der Waals surface area contributed by atoms with Crippen LogP contribution in [0.3, 0.4) is 0 Å². The van der Waals surface area contributed by atoms with Gasteiger partial charge in [-0.3, -0.25) is 14.7 Å². The Morgan fingerprint density at radius 2 is 2.00 bits per heavy atom. The quantitative estimate of drug-likeness (QED) is 0.303. The molecule has 0 aromatic carbocycles. The third-order valence-electron chi connectivity index (χ3n) is 6.32. The second-order valence-corrected chi connectivity index (χ2v) is 8.38. The summed E-state index contributed by atoms with van der Waals surface area (Å²) in [6, 6.07) is 4.26. The van der Waals surface area contributed by atoms with E-state index in [0.717, 1.165) is 83.2 Å². The number of piperidine rings is 1. The molecule has 168 valence electrons. The fourth-order valence-corrected chi connectivity index (χ4v) is 4.47. The molecule has 1 atom stereocenters. The smallest absolute Gasteiger partial charge is 0.220 e. The van der Waals surface area contributed by atoms with E-state index in [1.165, 1.54) is 12.8 Å². The van der Waals surface area contributed by atoms with Gasteiger partial charge in [-0.1, -0.05) is 0 Å². The lowest BCUT2D eigenvalue weighted by atomic mass is 9.96. The molecule has 3 rings (SSSR count). The van der Waals surface area contributed by atoms with Crippen LogP contribution in [-0.2, 0) is 4.79 Å². The fraction of sp³-hybridized carbons (Fsp3) is 0.727. The summed E-state index contributed by atoms with van der Waals surface area (Å²) in [5.41, 5.74) is 5.41. The van der Waals surface area contributed by atoms with E-state index < -0.39 is 0 Å². The second-order valence-electron chi connectivity index (χ2n) is 8.38. The number of guanidine groups is 1. The summed E-state index contributed by atoms with van der Waals surface area (Å²) < 4.78 is 5.69. The Labute approximate surface area is 180 Å². The van der Waals surface area contributed by atoms with E-state index in [1.807, 2.05) is 13.1 Å². The summed E-state index contributed by atoms with van der Waals surface area (Å²) in [6.07, 6.45) is 8.28. The minimum absolute atomic E-state index is 0.0721. The molecule has 1 aromatic heterocycles. The van der Waals surface area contributed by atoms with Crippen molar-refractivity contribution in [2.75, 3.05) is 52.9 Å². The highest BCUT2D eigenvalue weighted by Gasteiger charge is 2.25. The largest absolute Gasteiger partial charge is 0.468 e. The first-order chi connectivity index (χ1) is 14.7. The number of nitrogens with one attached hydrogen (secondary N) is 2. The van der Waals surface area contributed by atoms with Crippen molar-refractivity contribution in [3.8, 4) is 0 Å². The van der Waals surface area contributed by atoms with Crippen LogP contribution in [0.4, 0.5) is 0 Å². The van der Waals surface area contributed by atoms with E-state index in [-0.39, 0.29) is 17.9 Å². The van der Waals surface area contributed by atoms with Crippen molar-refractivity contribution in [2.45, 2.75) is 44.6 Å². The monoisotopic (exact) mass is 418 g/mol. The number of aliphatic imine (C=N–C) groups is 1. The van der Waals surface area contributed by atoms with Gasteiger partial charge in [-0.2, -0.15) is 0 Å². The van der Waals surface area contributed by atoms with Gasteiger partial charge >= 0.3 is 0 Å². The first kappa shape index (κ1) is 22.6. The number of hydrogen-bond acceptors (Lipinski definition) is 5. The van der Waals surface area contributed by atoms with E-state index in [1.54, 1.807) is 6.26 Å². The summed E-state index contributed by atoms with van der Waals surface area (Å²) in [5, 5.41) is 6.90. The molecule has 0 aliphatic carbocycles. The van der Waals surface area contributed by atoms with Gasteiger partial charge in [0.25, 0.3) is 0 Å². The average molecular weight is 419 g/mol. The normalized spacial score (nSPS) is 20.4. The molecular weight excluding hydrogens is 380 g/mol. The number of amides is 1. The maximum atomic E-state index is 11.3. The Morgan fingerprint density at radius 3 is 2.63 bits per heavy atom. The van der Waals surface area contributed by atoms with Crippen molar-refractivity contribution < 1.29 is 9.21 Å². The minimum atomic E-state index is -0.142. The van der Waals surface area contributed by atoms with Gasteiger partial charge in [-0.25, -0.2) is 0 Å². The van der Waals surface area contributed by atoms with Crippen molar-refractivity contribution in [3.63, 3.8) is 0 Å². The summed E-state index contributed by atoms with van der Waals surface area (Å²) in [7, 11) is 1.82. The van der Waals surface area contributed by atoms with Gasteiger partial charge in [-0.05, 0) is 83.4 Å². The number of rotatable bonds is 10. The molecule has 4 N–H and O–H groups in total. The zero-order valence-electron chi connectivity index (χ0n) is 18.3. The molecule has 1 unspecified atom stereocenters. The molecule has 2 aliphatic rings. The molecule has 2 saturated heterocycles. The van der Waals surface area contributed by atoms with Crippen LogP contribution < -0.4 is 16.4 Å². The van der Waals surface area contributed by atoms with Gasteiger partial charge in [0.2, 0.25) is 5.91 Å². The van der Waals surface area contributed by atoms with Crippen molar-refractivity contribution in [1.82, 2.24) is 20.4 Å². The number of carbonyl (C=O) groups is 1. The predicted octanol–water partition coefficient (Wildman–Crippen LogP) is 1.56. The van der Waals surface area contributed by atoms with Gasteiger partial charge in [-0.15, -0.1) is 0 Å². The zero-order valence-corrected chi connectivity index (χ0v) is 18.3. The van der Waals surface area contributed by atoms with Crippen LogP contribution in [0.15, 0.2) is 27.8 Å². The maximum Gasteiger partial charge on any atom is 0.220 e.